The quantitative estimate of drug-likeness (QED) is 0.493. The van der Waals surface area contributed by atoms with E-state index in [2.05, 4.69) is 39.6 Å². The fourth-order valence-corrected chi connectivity index (χ4v) is 3.73. The molecule has 0 aromatic carbocycles. The van der Waals surface area contributed by atoms with Gasteiger partial charge in [-0.2, -0.15) is 0 Å². The molecule has 0 radical (unpaired) electrons. The summed E-state index contributed by atoms with van der Waals surface area (Å²) in [5.74, 6) is 0.869. The number of hydrogen-bond donors (Lipinski definition) is 0. The van der Waals surface area contributed by atoms with Gasteiger partial charge in [0.25, 0.3) is 0 Å². The maximum absolute atomic E-state index is 12.1. The van der Waals surface area contributed by atoms with E-state index in [0.29, 0.717) is 5.78 Å². The normalized spacial score (nSPS) is 13.8. The second-order valence-electron chi connectivity index (χ2n) is 6.54. The second-order valence-corrected chi connectivity index (χ2v) is 12.1. The molecule has 0 rings (SSSR count). The molecule has 0 aliphatic carbocycles. The highest BCUT2D eigenvalue weighted by molar-refractivity contribution is 6.76. The molecule has 0 saturated carbocycles. The predicted octanol–water partition coefficient (Wildman–Crippen LogP) is 4.52. The van der Waals surface area contributed by atoms with Crippen molar-refractivity contribution in [2.24, 2.45) is 11.8 Å². The van der Waals surface area contributed by atoms with Crippen LogP contribution in [0.15, 0.2) is 11.6 Å². The molecule has 16 heavy (non-hydrogen) atoms. The largest absolute Gasteiger partial charge is 0.299 e. The molecule has 1 atom stereocenters. The number of carbonyl (C=O) groups is 1. The summed E-state index contributed by atoms with van der Waals surface area (Å²) in [6, 6.07) is 1.12. The Morgan fingerprint density at radius 3 is 2.00 bits per heavy atom. The maximum Gasteiger partial charge on any atom is 0.138 e. The van der Waals surface area contributed by atoms with Crippen LogP contribution in [-0.2, 0) is 4.79 Å². The molecule has 0 amide bonds. The summed E-state index contributed by atoms with van der Waals surface area (Å²) in [5, 5.41) is 0. The molecule has 0 saturated heterocycles. The first-order valence-electron chi connectivity index (χ1n) is 6.30. The van der Waals surface area contributed by atoms with Crippen LogP contribution >= 0.6 is 0 Å². The van der Waals surface area contributed by atoms with Crippen molar-refractivity contribution in [3.63, 3.8) is 0 Å². The van der Waals surface area contributed by atoms with Gasteiger partial charge in [0.1, 0.15) is 5.78 Å². The van der Waals surface area contributed by atoms with Gasteiger partial charge in [0.05, 0.1) is 0 Å². The van der Waals surface area contributed by atoms with Crippen LogP contribution in [0.3, 0.4) is 0 Å². The lowest BCUT2D eigenvalue weighted by Crippen LogP contribution is -2.30. The maximum atomic E-state index is 12.1. The van der Waals surface area contributed by atoms with E-state index in [1.807, 2.05) is 13.8 Å². The molecule has 0 aliphatic heterocycles. The lowest BCUT2D eigenvalue weighted by Gasteiger charge is -2.24. The molecule has 0 aromatic heterocycles. The smallest absolute Gasteiger partial charge is 0.138 e. The van der Waals surface area contributed by atoms with Gasteiger partial charge in [-0.15, -0.1) is 0 Å². The first-order valence-corrected chi connectivity index (χ1v) is 10.0. The molecule has 0 bridgehead atoms. The predicted molar refractivity (Wildman–Crippen MR) is 75.5 cm³/mol. The first-order chi connectivity index (χ1) is 7.13. The van der Waals surface area contributed by atoms with E-state index >= 15 is 0 Å². The van der Waals surface area contributed by atoms with Crippen molar-refractivity contribution in [2.75, 3.05) is 0 Å². The van der Waals surface area contributed by atoms with Crippen molar-refractivity contribution in [2.45, 2.75) is 59.8 Å². The highest BCUT2D eigenvalue weighted by atomic mass is 28.3. The molecule has 0 fully saturated rings. The number of Topliss-reactive ketones (excluding diaryl/α,β-unsaturated/α-hetero) is 1. The number of ketones is 1. The van der Waals surface area contributed by atoms with E-state index in [0.717, 1.165) is 12.5 Å². The third-order valence-electron chi connectivity index (χ3n) is 2.64. The average Bonchev–Trinajstić information content (AvgIpc) is 2.08. The number of rotatable bonds is 6. The molecule has 0 N–H and O–H groups in total. The third-order valence-corrected chi connectivity index (χ3v) is 4.36. The van der Waals surface area contributed by atoms with E-state index in [9.17, 15) is 4.79 Å². The highest BCUT2D eigenvalue weighted by Gasteiger charge is 2.26. The lowest BCUT2D eigenvalue weighted by molar-refractivity contribution is -0.125. The Bertz CT molecular complexity index is 254. The van der Waals surface area contributed by atoms with Gasteiger partial charge in [-0.25, -0.2) is 0 Å². The highest BCUT2D eigenvalue weighted by Crippen LogP contribution is 2.24. The first kappa shape index (κ1) is 15.6. The summed E-state index contributed by atoms with van der Waals surface area (Å²) < 4.78 is 0. The minimum absolute atomic E-state index is 0.173. The van der Waals surface area contributed by atoms with E-state index in [1.165, 1.54) is 5.57 Å². The SMILES string of the molecule is CC(C)=CCC(C[Si](C)(C)C)C(=O)C(C)C. The van der Waals surface area contributed by atoms with Gasteiger partial charge >= 0.3 is 0 Å². The Kier molecular flexibility index (Phi) is 6.23. The van der Waals surface area contributed by atoms with Gasteiger partial charge in [0.15, 0.2) is 0 Å². The Morgan fingerprint density at radius 1 is 1.19 bits per heavy atom. The summed E-state index contributed by atoms with van der Waals surface area (Å²) in [6.07, 6.45) is 3.15. The number of allylic oxidation sites excluding steroid dienone is 2. The molecule has 1 unspecified atom stereocenters. The van der Waals surface area contributed by atoms with Crippen LogP contribution in [0.1, 0.15) is 34.1 Å². The minimum Gasteiger partial charge on any atom is -0.299 e. The van der Waals surface area contributed by atoms with E-state index in [1.54, 1.807) is 0 Å². The summed E-state index contributed by atoms with van der Waals surface area (Å²) in [7, 11) is -1.15. The fraction of sp³-hybridized carbons (Fsp3) is 0.786. The van der Waals surface area contributed by atoms with Gasteiger partial charge in [0, 0.05) is 19.9 Å². The zero-order chi connectivity index (χ0) is 12.9. The topological polar surface area (TPSA) is 17.1 Å². The monoisotopic (exact) mass is 240 g/mol. The summed E-state index contributed by atoms with van der Waals surface area (Å²) >= 11 is 0. The van der Waals surface area contributed by atoms with Gasteiger partial charge in [-0.05, 0) is 26.3 Å². The van der Waals surface area contributed by atoms with Gasteiger partial charge in [0.2, 0.25) is 0 Å². The average molecular weight is 240 g/mol. The van der Waals surface area contributed by atoms with Crippen LogP contribution < -0.4 is 0 Å². The molecule has 0 aromatic rings. The zero-order valence-electron chi connectivity index (χ0n) is 12.1. The van der Waals surface area contributed by atoms with Crippen LogP contribution in [-0.4, -0.2) is 13.9 Å². The van der Waals surface area contributed by atoms with Crippen molar-refractivity contribution in [3.8, 4) is 0 Å². The third kappa shape index (κ3) is 6.99. The van der Waals surface area contributed by atoms with Gasteiger partial charge in [-0.1, -0.05) is 45.1 Å². The Morgan fingerprint density at radius 2 is 1.69 bits per heavy atom. The van der Waals surface area contributed by atoms with Crippen molar-refractivity contribution in [1.82, 2.24) is 0 Å². The molecular weight excluding hydrogens is 212 g/mol. The van der Waals surface area contributed by atoms with E-state index in [4.69, 9.17) is 0 Å². The molecule has 1 nitrogen and oxygen atoms in total. The number of carbonyl (C=O) groups excluding carboxylic acids is 1. The van der Waals surface area contributed by atoms with Crippen molar-refractivity contribution in [3.05, 3.63) is 11.6 Å². The molecule has 2 heteroatoms. The molecule has 94 valence electrons. The zero-order valence-corrected chi connectivity index (χ0v) is 13.1. The van der Waals surface area contributed by atoms with Crippen molar-refractivity contribution < 1.29 is 4.79 Å². The summed E-state index contributed by atoms with van der Waals surface area (Å²) in [4.78, 5) is 12.1. The Balaban J connectivity index is 4.64. The van der Waals surface area contributed by atoms with Gasteiger partial charge < -0.3 is 0 Å². The molecule has 0 spiro atoms. The fourth-order valence-electron chi connectivity index (χ4n) is 1.89. The van der Waals surface area contributed by atoms with Crippen LogP contribution in [0.25, 0.3) is 0 Å². The molecule has 0 aliphatic rings. The lowest BCUT2D eigenvalue weighted by atomic mass is 9.93. The molecular formula is C14H28OSi. The van der Waals surface area contributed by atoms with Gasteiger partial charge in [-0.3, -0.25) is 4.79 Å². The van der Waals surface area contributed by atoms with E-state index in [-0.39, 0.29) is 11.8 Å². The summed E-state index contributed by atoms with van der Waals surface area (Å²) in [5.41, 5.74) is 1.32. The minimum atomic E-state index is -1.15. The van der Waals surface area contributed by atoms with Crippen molar-refractivity contribution in [1.29, 1.82) is 0 Å². The standard InChI is InChI=1S/C14H28OSi/c1-11(2)8-9-13(10-16(5,6)7)14(15)12(3)4/h8,12-13H,9-10H2,1-7H3. The van der Waals surface area contributed by atoms with Crippen LogP contribution in [0.4, 0.5) is 0 Å². The van der Waals surface area contributed by atoms with Crippen molar-refractivity contribution >= 4 is 13.9 Å². The summed E-state index contributed by atoms with van der Waals surface area (Å²) in [6.45, 7) is 15.3. The van der Waals surface area contributed by atoms with Crippen LogP contribution in [0.5, 0.6) is 0 Å². The van der Waals surface area contributed by atoms with Crippen LogP contribution in [0.2, 0.25) is 25.7 Å². The van der Waals surface area contributed by atoms with Crippen LogP contribution in [0, 0.1) is 11.8 Å². The number of hydrogen-bond acceptors (Lipinski definition) is 1. The molecule has 0 heterocycles. The Labute approximate surface area is 102 Å². The second kappa shape index (κ2) is 6.38. The Hall–Kier alpha value is -0.373. The van der Waals surface area contributed by atoms with E-state index < -0.39 is 8.07 Å².